The van der Waals surface area contributed by atoms with Crippen LogP contribution in [0.2, 0.25) is 0 Å². The fraction of sp³-hybridized carbons (Fsp3) is 1.00. The molecule has 0 spiro atoms. The summed E-state index contributed by atoms with van der Waals surface area (Å²) in [4.78, 5) is 0. The molecule has 1 fully saturated rings. The van der Waals surface area contributed by atoms with Gasteiger partial charge in [0.2, 0.25) is 0 Å². The first-order valence-electron chi connectivity index (χ1n) is 4.75. The van der Waals surface area contributed by atoms with Crippen molar-refractivity contribution in [3.05, 3.63) is 0 Å². The summed E-state index contributed by atoms with van der Waals surface area (Å²) >= 11 is 0. The monoisotopic (exact) mass is 172 g/mol. The van der Waals surface area contributed by atoms with Gasteiger partial charge in [0, 0.05) is 24.6 Å². The van der Waals surface area contributed by atoms with Crippen LogP contribution in [0.4, 0.5) is 0 Å². The number of ether oxygens (including phenoxy) is 1. The Hall–Kier alpha value is -0.120. The van der Waals surface area contributed by atoms with Crippen LogP contribution in [-0.2, 0) is 4.74 Å². The van der Waals surface area contributed by atoms with Crippen LogP contribution in [0.25, 0.3) is 0 Å². The minimum atomic E-state index is 0.0747. The van der Waals surface area contributed by atoms with Gasteiger partial charge in [0.05, 0.1) is 6.61 Å². The van der Waals surface area contributed by atoms with Crippen molar-refractivity contribution in [3.63, 3.8) is 0 Å². The van der Waals surface area contributed by atoms with Crippen molar-refractivity contribution in [1.82, 2.24) is 5.32 Å². The number of rotatable bonds is 4. The molecule has 0 aliphatic carbocycles. The zero-order chi connectivity index (χ0) is 9.03. The van der Waals surface area contributed by atoms with E-state index >= 15 is 0 Å². The van der Waals surface area contributed by atoms with Gasteiger partial charge in [0.25, 0.3) is 0 Å². The van der Waals surface area contributed by atoms with Gasteiger partial charge < -0.3 is 15.8 Å². The van der Waals surface area contributed by atoms with Crippen molar-refractivity contribution in [2.75, 3.05) is 26.3 Å². The van der Waals surface area contributed by atoms with E-state index in [0.29, 0.717) is 12.5 Å². The minimum absolute atomic E-state index is 0.0747. The molecule has 2 atom stereocenters. The standard InChI is InChI=1S/C9H20N2O/c1-3-11-9(2,7-10)8-4-5-12-6-8/h8,11H,3-7,10H2,1-2H3. The molecule has 0 radical (unpaired) electrons. The van der Waals surface area contributed by atoms with Gasteiger partial charge in [-0.15, -0.1) is 0 Å². The third kappa shape index (κ3) is 1.97. The van der Waals surface area contributed by atoms with Crippen molar-refractivity contribution in [2.45, 2.75) is 25.8 Å². The van der Waals surface area contributed by atoms with Gasteiger partial charge in [0.15, 0.2) is 0 Å². The van der Waals surface area contributed by atoms with E-state index in [1.54, 1.807) is 0 Å². The van der Waals surface area contributed by atoms with Crippen LogP contribution in [0.1, 0.15) is 20.3 Å². The van der Waals surface area contributed by atoms with E-state index in [4.69, 9.17) is 10.5 Å². The van der Waals surface area contributed by atoms with Gasteiger partial charge in [-0.2, -0.15) is 0 Å². The highest BCUT2D eigenvalue weighted by atomic mass is 16.5. The Morgan fingerprint density at radius 3 is 2.83 bits per heavy atom. The summed E-state index contributed by atoms with van der Waals surface area (Å²) in [5.74, 6) is 0.586. The third-order valence-electron chi connectivity index (χ3n) is 2.84. The predicted molar refractivity (Wildman–Crippen MR) is 50.1 cm³/mol. The van der Waals surface area contributed by atoms with Gasteiger partial charge in [0.1, 0.15) is 0 Å². The molecule has 0 aromatic heterocycles. The van der Waals surface area contributed by atoms with Crippen LogP contribution in [0, 0.1) is 5.92 Å². The second kappa shape index (κ2) is 4.21. The molecule has 3 heteroatoms. The normalized spacial score (nSPS) is 28.8. The summed E-state index contributed by atoms with van der Waals surface area (Å²) in [5, 5.41) is 3.45. The van der Waals surface area contributed by atoms with E-state index in [1.807, 2.05) is 0 Å². The Bertz CT molecular complexity index is 134. The highest BCUT2D eigenvalue weighted by Gasteiger charge is 2.34. The van der Waals surface area contributed by atoms with Gasteiger partial charge in [-0.25, -0.2) is 0 Å². The first-order valence-corrected chi connectivity index (χ1v) is 4.75. The molecule has 72 valence electrons. The molecule has 0 aromatic carbocycles. The van der Waals surface area contributed by atoms with Crippen LogP contribution in [0.3, 0.4) is 0 Å². The van der Waals surface area contributed by atoms with Gasteiger partial charge in [-0.1, -0.05) is 6.92 Å². The van der Waals surface area contributed by atoms with Crippen molar-refractivity contribution in [3.8, 4) is 0 Å². The van der Waals surface area contributed by atoms with E-state index in [2.05, 4.69) is 19.2 Å². The molecule has 2 unspecified atom stereocenters. The maximum Gasteiger partial charge on any atom is 0.0513 e. The number of hydrogen-bond acceptors (Lipinski definition) is 3. The first kappa shape index (κ1) is 9.96. The third-order valence-corrected chi connectivity index (χ3v) is 2.84. The molecule has 0 amide bonds. The molecule has 0 bridgehead atoms. The molecule has 3 N–H and O–H groups in total. The lowest BCUT2D eigenvalue weighted by Gasteiger charge is -2.34. The van der Waals surface area contributed by atoms with Gasteiger partial charge >= 0.3 is 0 Å². The second-order valence-electron chi connectivity index (χ2n) is 3.71. The van der Waals surface area contributed by atoms with Crippen molar-refractivity contribution in [1.29, 1.82) is 0 Å². The van der Waals surface area contributed by atoms with Crippen molar-refractivity contribution < 1.29 is 4.74 Å². The quantitative estimate of drug-likeness (QED) is 0.643. The number of nitrogens with two attached hydrogens (primary N) is 1. The maximum absolute atomic E-state index is 5.75. The molecule has 1 saturated heterocycles. The Balaban J connectivity index is 2.51. The Morgan fingerprint density at radius 2 is 2.42 bits per heavy atom. The summed E-state index contributed by atoms with van der Waals surface area (Å²) in [5.41, 5.74) is 5.83. The van der Waals surface area contributed by atoms with E-state index in [9.17, 15) is 0 Å². The Morgan fingerprint density at radius 1 is 1.67 bits per heavy atom. The SMILES string of the molecule is CCNC(C)(CN)C1CCOC1. The Kier molecular flexibility index (Phi) is 3.50. The first-order chi connectivity index (χ1) is 5.73. The van der Waals surface area contributed by atoms with Crippen LogP contribution in [0.15, 0.2) is 0 Å². The molecule has 1 aliphatic rings. The summed E-state index contributed by atoms with van der Waals surface area (Å²) in [6, 6.07) is 0. The van der Waals surface area contributed by atoms with Crippen LogP contribution in [0.5, 0.6) is 0 Å². The van der Waals surface area contributed by atoms with Gasteiger partial charge in [-0.05, 0) is 19.9 Å². The van der Waals surface area contributed by atoms with E-state index in [0.717, 1.165) is 26.2 Å². The lowest BCUT2D eigenvalue weighted by atomic mass is 9.85. The highest BCUT2D eigenvalue weighted by Crippen LogP contribution is 2.24. The largest absolute Gasteiger partial charge is 0.381 e. The number of nitrogens with one attached hydrogen (secondary N) is 1. The predicted octanol–water partition coefficient (Wildman–Crippen LogP) is 0.350. The van der Waals surface area contributed by atoms with Crippen LogP contribution >= 0.6 is 0 Å². The lowest BCUT2D eigenvalue weighted by molar-refractivity contribution is 0.156. The fourth-order valence-electron chi connectivity index (χ4n) is 1.82. The molecular formula is C9H20N2O. The van der Waals surface area contributed by atoms with E-state index in [-0.39, 0.29) is 5.54 Å². The molecule has 0 aromatic rings. The fourth-order valence-corrected chi connectivity index (χ4v) is 1.82. The molecule has 1 aliphatic heterocycles. The Labute approximate surface area is 74.7 Å². The molecule has 1 heterocycles. The molecule has 3 nitrogen and oxygen atoms in total. The highest BCUT2D eigenvalue weighted by molar-refractivity contribution is 4.92. The lowest BCUT2D eigenvalue weighted by Crippen LogP contribution is -2.54. The number of hydrogen-bond donors (Lipinski definition) is 2. The molecular weight excluding hydrogens is 152 g/mol. The smallest absolute Gasteiger partial charge is 0.0513 e. The van der Waals surface area contributed by atoms with Crippen molar-refractivity contribution >= 4 is 0 Å². The molecule has 12 heavy (non-hydrogen) atoms. The van der Waals surface area contributed by atoms with E-state index in [1.165, 1.54) is 0 Å². The van der Waals surface area contributed by atoms with Gasteiger partial charge in [-0.3, -0.25) is 0 Å². The summed E-state index contributed by atoms with van der Waals surface area (Å²) in [7, 11) is 0. The topological polar surface area (TPSA) is 47.3 Å². The maximum atomic E-state index is 5.75. The second-order valence-corrected chi connectivity index (χ2v) is 3.71. The average molecular weight is 172 g/mol. The zero-order valence-corrected chi connectivity index (χ0v) is 8.10. The van der Waals surface area contributed by atoms with E-state index < -0.39 is 0 Å². The molecule has 1 rings (SSSR count). The number of likely N-dealkylation sites (N-methyl/N-ethyl adjacent to an activating group) is 1. The average Bonchev–Trinajstić information content (AvgIpc) is 2.57. The van der Waals surface area contributed by atoms with Crippen LogP contribution in [-0.4, -0.2) is 31.8 Å². The molecule has 0 saturated carbocycles. The van der Waals surface area contributed by atoms with Crippen LogP contribution < -0.4 is 11.1 Å². The van der Waals surface area contributed by atoms with Crippen molar-refractivity contribution in [2.24, 2.45) is 11.7 Å². The zero-order valence-electron chi connectivity index (χ0n) is 8.10. The summed E-state index contributed by atoms with van der Waals surface area (Å²) < 4.78 is 5.36. The summed E-state index contributed by atoms with van der Waals surface area (Å²) in [6.07, 6.45) is 1.14. The minimum Gasteiger partial charge on any atom is -0.381 e. The summed E-state index contributed by atoms with van der Waals surface area (Å²) in [6.45, 7) is 7.73.